The van der Waals surface area contributed by atoms with Crippen LogP contribution in [0.5, 0.6) is 5.75 Å². The van der Waals surface area contributed by atoms with Crippen LogP contribution >= 0.6 is 0 Å². The Bertz CT molecular complexity index is 950. The van der Waals surface area contributed by atoms with Crippen LogP contribution in [0.15, 0.2) is 59.7 Å². The SMILES string of the molecule is N#CCCCOc1cccc(NC(=O)CCC(=O)N2CCC(c3ccccc3)=N2)c1. The zero-order valence-electron chi connectivity index (χ0n) is 16.7. The second kappa shape index (κ2) is 10.8. The fraction of sp³-hybridized carbons (Fsp3) is 0.304. The van der Waals surface area contributed by atoms with Gasteiger partial charge in [0.25, 0.3) is 0 Å². The fourth-order valence-corrected chi connectivity index (χ4v) is 3.05. The van der Waals surface area contributed by atoms with E-state index in [1.54, 1.807) is 24.3 Å². The molecule has 1 aliphatic rings. The molecule has 0 atom stereocenters. The Morgan fingerprint density at radius 1 is 1.13 bits per heavy atom. The number of anilines is 1. The molecular formula is C23H24N4O3. The molecule has 0 spiro atoms. The summed E-state index contributed by atoms with van der Waals surface area (Å²) in [7, 11) is 0. The van der Waals surface area contributed by atoms with Crippen molar-refractivity contribution >= 4 is 23.2 Å². The quantitative estimate of drug-likeness (QED) is 0.644. The molecule has 154 valence electrons. The monoisotopic (exact) mass is 404 g/mol. The summed E-state index contributed by atoms with van der Waals surface area (Å²) in [5.74, 6) is 0.226. The van der Waals surface area contributed by atoms with Gasteiger partial charge in [-0.2, -0.15) is 10.4 Å². The third kappa shape index (κ3) is 6.17. The van der Waals surface area contributed by atoms with Crippen molar-refractivity contribution in [1.29, 1.82) is 5.26 Å². The summed E-state index contributed by atoms with van der Waals surface area (Å²) in [4.78, 5) is 24.6. The predicted octanol–water partition coefficient (Wildman–Crippen LogP) is 3.72. The van der Waals surface area contributed by atoms with Crippen LogP contribution < -0.4 is 10.1 Å². The normalized spacial score (nSPS) is 12.8. The van der Waals surface area contributed by atoms with Crippen molar-refractivity contribution < 1.29 is 14.3 Å². The summed E-state index contributed by atoms with van der Waals surface area (Å²) < 4.78 is 5.56. The summed E-state index contributed by atoms with van der Waals surface area (Å²) in [5.41, 5.74) is 2.51. The predicted molar refractivity (Wildman–Crippen MR) is 114 cm³/mol. The van der Waals surface area contributed by atoms with Gasteiger partial charge in [0.15, 0.2) is 0 Å². The van der Waals surface area contributed by atoms with Gasteiger partial charge in [-0.3, -0.25) is 9.59 Å². The van der Waals surface area contributed by atoms with Gasteiger partial charge in [-0.1, -0.05) is 36.4 Å². The average Bonchev–Trinajstić information content (AvgIpc) is 3.26. The molecule has 0 unspecified atom stereocenters. The molecular weight excluding hydrogens is 380 g/mol. The van der Waals surface area contributed by atoms with Gasteiger partial charge in [0, 0.05) is 37.4 Å². The van der Waals surface area contributed by atoms with Gasteiger partial charge in [-0.05, 0) is 24.1 Å². The van der Waals surface area contributed by atoms with E-state index in [0.29, 0.717) is 43.9 Å². The van der Waals surface area contributed by atoms with Gasteiger partial charge in [-0.25, -0.2) is 5.01 Å². The van der Waals surface area contributed by atoms with E-state index in [4.69, 9.17) is 10.00 Å². The van der Waals surface area contributed by atoms with E-state index >= 15 is 0 Å². The lowest BCUT2D eigenvalue weighted by molar-refractivity contribution is -0.132. The Morgan fingerprint density at radius 2 is 1.97 bits per heavy atom. The van der Waals surface area contributed by atoms with E-state index in [1.165, 1.54) is 5.01 Å². The van der Waals surface area contributed by atoms with Gasteiger partial charge in [0.05, 0.1) is 24.9 Å². The van der Waals surface area contributed by atoms with Crippen LogP contribution in [-0.2, 0) is 9.59 Å². The number of nitrogens with one attached hydrogen (secondary N) is 1. The number of rotatable bonds is 9. The molecule has 30 heavy (non-hydrogen) atoms. The lowest BCUT2D eigenvalue weighted by Gasteiger charge is -2.12. The van der Waals surface area contributed by atoms with Crippen molar-refractivity contribution in [2.24, 2.45) is 5.10 Å². The fourth-order valence-electron chi connectivity index (χ4n) is 3.05. The molecule has 0 aromatic heterocycles. The first kappa shape index (κ1) is 21.1. The molecule has 2 aromatic rings. The number of amides is 2. The molecule has 1 aliphatic heterocycles. The molecule has 7 heteroatoms. The van der Waals surface area contributed by atoms with Crippen LogP contribution in [0.1, 0.15) is 37.7 Å². The number of hydrogen-bond acceptors (Lipinski definition) is 5. The van der Waals surface area contributed by atoms with Crippen molar-refractivity contribution in [3.63, 3.8) is 0 Å². The zero-order chi connectivity index (χ0) is 21.2. The first-order valence-electron chi connectivity index (χ1n) is 9.98. The Balaban J connectivity index is 1.45. The summed E-state index contributed by atoms with van der Waals surface area (Å²) >= 11 is 0. The smallest absolute Gasteiger partial charge is 0.243 e. The minimum Gasteiger partial charge on any atom is -0.493 e. The molecule has 3 rings (SSSR count). The second-order valence-electron chi connectivity index (χ2n) is 6.87. The third-order valence-corrected chi connectivity index (χ3v) is 4.58. The van der Waals surface area contributed by atoms with Crippen LogP contribution in [0.25, 0.3) is 0 Å². The first-order chi connectivity index (χ1) is 14.7. The van der Waals surface area contributed by atoms with Crippen molar-refractivity contribution in [3.8, 4) is 11.8 Å². The van der Waals surface area contributed by atoms with Crippen LogP contribution in [-0.4, -0.2) is 35.7 Å². The maximum absolute atomic E-state index is 12.4. The highest BCUT2D eigenvalue weighted by molar-refractivity contribution is 6.02. The third-order valence-electron chi connectivity index (χ3n) is 4.58. The molecule has 0 radical (unpaired) electrons. The highest BCUT2D eigenvalue weighted by Crippen LogP contribution is 2.19. The topological polar surface area (TPSA) is 94.8 Å². The Hall–Kier alpha value is -3.66. The van der Waals surface area contributed by atoms with E-state index < -0.39 is 0 Å². The maximum Gasteiger partial charge on any atom is 0.243 e. The van der Waals surface area contributed by atoms with Gasteiger partial charge < -0.3 is 10.1 Å². The number of hydrogen-bond donors (Lipinski definition) is 1. The van der Waals surface area contributed by atoms with Crippen LogP contribution in [0, 0.1) is 11.3 Å². The van der Waals surface area contributed by atoms with Crippen molar-refractivity contribution in [2.45, 2.75) is 32.1 Å². The number of hydrazone groups is 1. The first-order valence-corrected chi connectivity index (χ1v) is 9.98. The van der Waals surface area contributed by atoms with E-state index in [2.05, 4.69) is 16.5 Å². The number of unbranched alkanes of at least 4 members (excludes halogenated alkanes) is 1. The lowest BCUT2D eigenvalue weighted by atomic mass is 10.1. The largest absolute Gasteiger partial charge is 0.493 e. The minimum atomic E-state index is -0.239. The summed E-state index contributed by atoms with van der Waals surface area (Å²) in [6.45, 7) is 0.983. The number of nitrogens with zero attached hydrogens (tertiary/aromatic N) is 3. The molecule has 2 aromatic carbocycles. The number of benzene rings is 2. The van der Waals surface area contributed by atoms with E-state index in [9.17, 15) is 9.59 Å². The molecule has 7 nitrogen and oxygen atoms in total. The summed E-state index contributed by atoms with van der Waals surface area (Å²) in [5, 5.41) is 17.2. The average molecular weight is 404 g/mol. The standard InChI is InChI=1S/C23H24N4O3/c24-14-4-5-16-30-20-10-6-9-19(17-20)25-22(28)11-12-23(29)27-15-13-21(26-27)18-7-2-1-3-8-18/h1-3,6-10,17H,4-5,11-13,15-16H2,(H,25,28). The molecule has 0 fully saturated rings. The van der Waals surface area contributed by atoms with E-state index in [-0.39, 0.29) is 24.7 Å². The lowest BCUT2D eigenvalue weighted by Crippen LogP contribution is -2.25. The minimum absolute atomic E-state index is 0.0821. The maximum atomic E-state index is 12.4. The number of carbonyl (C=O) groups is 2. The number of ether oxygens (including phenoxy) is 1. The molecule has 0 saturated heterocycles. The van der Waals surface area contributed by atoms with Crippen LogP contribution in [0.3, 0.4) is 0 Å². The second-order valence-corrected chi connectivity index (χ2v) is 6.87. The van der Waals surface area contributed by atoms with Crippen molar-refractivity contribution in [2.75, 3.05) is 18.5 Å². The molecule has 0 saturated carbocycles. The molecule has 2 amide bonds. The summed E-state index contributed by atoms with van der Waals surface area (Å²) in [6.07, 6.45) is 1.99. The Labute approximate surface area is 176 Å². The number of nitriles is 1. The van der Waals surface area contributed by atoms with E-state index in [0.717, 1.165) is 11.3 Å². The van der Waals surface area contributed by atoms with Gasteiger partial charge in [0.1, 0.15) is 5.75 Å². The molecule has 1 heterocycles. The Kier molecular flexibility index (Phi) is 7.56. The Morgan fingerprint density at radius 3 is 2.77 bits per heavy atom. The molecule has 1 N–H and O–H groups in total. The zero-order valence-corrected chi connectivity index (χ0v) is 16.7. The van der Waals surface area contributed by atoms with Crippen LogP contribution in [0.4, 0.5) is 5.69 Å². The molecule has 0 aliphatic carbocycles. The highest BCUT2D eigenvalue weighted by Gasteiger charge is 2.21. The van der Waals surface area contributed by atoms with Crippen molar-refractivity contribution in [3.05, 3.63) is 60.2 Å². The highest BCUT2D eigenvalue weighted by atomic mass is 16.5. The summed E-state index contributed by atoms with van der Waals surface area (Å²) in [6, 6.07) is 18.9. The van der Waals surface area contributed by atoms with Gasteiger partial charge in [-0.15, -0.1) is 0 Å². The van der Waals surface area contributed by atoms with Gasteiger partial charge in [0.2, 0.25) is 11.8 Å². The van der Waals surface area contributed by atoms with Gasteiger partial charge >= 0.3 is 0 Å². The van der Waals surface area contributed by atoms with Crippen LogP contribution in [0.2, 0.25) is 0 Å². The molecule has 0 bridgehead atoms. The number of carbonyl (C=O) groups excluding carboxylic acids is 2. The van der Waals surface area contributed by atoms with Crippen molar-refractivity contribution in [1.82, 2.24) is 5.01 Å². The van der Waals surface area contributed by atoms with E-state index in [1.807, 2.05) is 30.3 Å².